The normalized spacial score (nSPS) is 10.3. The lowest BCUT2D eigenvalue weighted by Crippen LogP contribution is -2.23. The second kappa shape index (κ2) is 8.42. The Morgan fingerprint density at radius 2 is 1.85 bits per heavy atom. The van der Waals surface area contributed by atoms with Crippen LogP contribution in [0.15, 0.2) is 65.3 Å². The Morgan fingerprint density at radius 3 is 2.52 bits per heavy atom. The van der Waals surface area contributed by atoms with Crippen LogP contribution in [0.4, 0.5) is 5.69 Å². The van der Waals surface area contributed by atoms with Crippen molar-refractivity contribution in [1.82, 2.24) is 5.32 Å². The molecule has 0 unspecified atom stereocenters. The summed E-state index contributed by atoms with van der Waals surface area (Å²) in [6, 6.07) is 15.2. The Morgan fingerprint density at radius 1 is 1.07 bits per heavy atom. The number of methoxy groups -OCH3 is 1. The van der Waals surface area contributed by atoms with Gasteiger partial charge in [-0.3, -0.25) is 9.59 Å². The largest absolute Gasteiger partial charge is 0.496 e. The summed E-state index contributed by atoms with van der Waals surface area (Å²) in [6.07, 6.45) is 1.44. The number of halogens is 1. The van der Waals surface area contributed by atoms with Gasteiger partial charge in [0.2, 0.25) is 0 Å². The van der Waals surface area contributed by atoms with Gasteiger partial charge < -0.3 is 19.8 Å². The molecule has 3 aromatic rings. The highest BCUT2D eigenvalue weighted by atomic mass is 35.5. The molecule has 0 spiro atoms. The van der Waals surface area contributed by atoms with Crippen LogP contribution in [-0.4, -0.2) is 18.9 Å². The molecule has 0 aliphatic rings. The first-order chi connectivity index (χ1) is 13.1. The Kier molecular flexibility index (Phi) is 5.78. The molecule has 0 bridgehead atoms. The highest BCUT2D eigenvalue weighted by molar-refractivity contribution is 6.31. The standard InChI is InChI=1S/C20H17ClN2O4/c1-26-17-9-6-14(21)11-16(17)19(24)22-12-13-4-7-15(8-5-13)23-20(25)18-3-2-10-27-18/h2-11H,12H2,1H3,(H,22,24)(H,23,25). The van der Waals surface area contributed by atoms with E-state index < -0.39 is 0 Å². The second-order valence-corrected chi connectivity index (χ2v) is 6.09. The van der Waals surface area contributed by atoms with Gasteiger partial charge in [-0.1, -0.05) is 23.7 Å². The molecule has 0 saturated heterocycles. The first-order valence-electron chi connectivity index (χ1n) is 8.12. The lowest BCUT2D eigenvalue weighted by Gasteiger charge is -2.10. The summed E-state index contributed by atoms with van der Waals surface area (Å²) in [5.41, 5.74) is 1.87. The molecule has 138 valence electrons. The Balaban J connectivity index is 1.59. The van der Waals surface area contributed by atoms with Crippen LogP contribution >= 0.6 is 11.6 Å². The third-order valence-corrected chi connectivity index (χ3v) is 4.05. The zero-order chi connectivity index (χ0) is 19.2. The third-order valence-electron chi connectivity index (χ3n) is 3.82. The topological polar surface area (TPSA) is 80.6 Å². The molecule has 2 aromatic carbocycles. The van der Waals surface area contributed by atoms with Crippen molar-refractivity contribution in [1.29, 1.82) is 0 Å². The van der Waals surface area contributed by atoms with Gasteiger partial charge in [-0.05, 0) is 48.0 Å². The molecule has 1 heterocycles. The van der Waals surface area contributed by atoms with E-state index in [4.69, 9.17) is 20.8 Å². The molecule has 1 aromatic heterocycles. The van der Waals surface area contributed by atoms with Gasteiger partial charge >= 0.3 is 0 Å². The molecule has 3 rings (SSSR count). The van der Waals surface area contributed by atoms with Gasteiger partial charge in [0.15, 0.2) is 5.76 Å². The van der Waals surface area contributed by atoms with Crippen LogP contribution in [0.5, 0.6) is 5.75 Å². The van der Waals surface area contributed by atoms with Gasteiger partial charge in [-0.2, -0.15) is 0 Å². The molecule has 0 atom stereocenters. The predicted octanol–water partition coefficient (Wildman–Crippen LogP) is 4.12. The molecule has 7 heteroatoms. The maximum Gasteiger partial charge on any atom is 0.291 e. The molecule has 6 nitrogen and oxygen atoms in total. The first-order valence-corrected chi connectivity index (χ1v) is 8.50. The summed E-state index contributed by atoms with van der Waals surface area (Å²) >= 11 is 5.95. The third kappa shape index (κ3) is 4.68. The van der Waals surface area contributed by atoms with Crippen molar-refractivity contribution in [2.45, 2.75) is 6.54 Å². The fourth-order valence-electron chi connectivity index (χ4n) is 2.44. The molecule has 2 amide bonds. The minimum absolute atomic E-state index is 0.238. The molecule has 0 fully saturated rings. The van der Waals surface area contributed by atoms with E-state index in [-0.39, 0.29) is 17.6 Å². The fourth-order valence-corrected chi connectivity index (χ4v) is 2.61. The van der Waals surface area contributed by atoms with Gasteiger partial charge in [0, 0.05) is 17.3 Å². The lowest BCUT2D eigenvalue weighted by atomic mass is 10.1. The quantitative estimate of drug-likeness (QED) is 0.669. The summed E-state index contributed by atoms with van der Waals surface area (Å²) in [6.45, 7) is 0.320. The van der Waals surface area contributed by atoms with Gasteiger partial charge in [0.05, 0.1) is 18.9 Å². The fraction of sp³-hybridized carbons (Fsp3) is 0.100. The van der Waals surface area contributed by atoms with Crippen LogP contribution < -0.4 is 15.4 Å². The average Bonchev–Trinajstić information content (AvgIpc) is 3.22. The number of carbonyl (C=O) groups excluding carboxylic acids is 2. The minimum atomic E-state index is -0.325. The van der Waals surface area contributed by atoms with E-state index >= 15 is 0 Å². The van der Waals surface area contributed by atoms with Crippen molar-refractivity contribution in [3.05, 3.63) is 82.8 Å². The van der Waals surface area contributed by atoms with Gasteiger partial charge in [-0.25, -0.2) is 0 Å². The SMILES string of the molecule is COc1ccc(Cl)cc1C(=O)NCc1ccc(NC(=O)c2ccco2)cc1. The lowest BCUT2D eigenvalue weighted by molar-refractivity contribution is 0.0946. The van der Waals surface area contributed by atoms with Crippen LogP contribution in [0, 0.1) is 0 Å². The van der Waals surface area contributed by atoms with Crippen LogP contribution in [-0.2, 0) is 6.54 Å². The maximum absolute atomic E-state index is 12.4. The second-order valence-electron chi connectivity index (χ2n) is 5.66. The van der Waals surface area contributed by atoms with Crippen LogP contribution in [0.2, 0.25) is 5.02 Å². The van der Waals surface area contributed by atoms with Gasteiger partial charge in [0.25, 0.3) is 11.8 Å². The van der Waals surface area contributed by atoms with E-state index in [0.29, 0.717) is 28.6 Å². The van der Waals surface area contributed by atoms with Crippen molar-refractivity contribution < 1.29 is 18.7 Å². The highest BCUT2D eigenvalue weighted by Gasteiger charge is 2.13. The van der Waals surface area contributed by atoms with Gasteiger partial charge in [0.1, 0.15) is 5.75 Å². The van der Waals surface area contributed by atoms with E-state index in [1.165, 1.54) is 13.4 Å². The highest BCUT2D eigenvalue weighted by Crippen LogP contribution is 2.22. The molecule has 2 N–H and O–H groups in total. The number of hydrogen-bond donors (Lipinski definition) is 2. The van der Waals surface area contributed by atoms with Crippen molar-refractivity contribution in [2.24, 2.45) is 0 Å². The average molecular weight is 385 g/mol. The number of benzene rings is 2. The molecule has 0 aliphatic carbocycles. The summed E-state index contributed by atoms with van der Waals surface area (Å²) in [4.78, 5) is 24.3. The number of furan rings is 1. The van der Waals surface area contributed by atoms with E-state index in [9.17, 15) is 9.59 Å². The number of hydrogen-bond acceptors (Lipinski definition) is 4. The minimum Gasteiger partial charge on any atom is -0.496 e. The predicted molar refractivity (Wildman–Crippen MR) is 102 cm³/mol. The molecular weight excluding hydrogens is 368 g/mol. The number of rotatable bonds is 6. The number of ether oxygens (including phenoxy) is 1. The Hall–Kier alpha value is -3.25. The molecule has 0 radical (unpaired) electrons. The maximum atomic E-state index is 12.4. The van der Waals surface area contributed by atoms with E-state index in [0.717, 1.165) is 5.56 Å². The van der Waals surface area contributed by atoms with Crippen LogP contribution in [0.3, 0.4) is 0 Å². The number of anilines is 1. The summed E-state index contributed by atoms with van der Waals surface area (Å²) in [5, 5.41) is 6.01. The first kappa shape index (κ1) is 18.5. The summed E-state index contributed by atoms with van der Waals surface area (Å²) < 4.78 is 10.2. The van der Waals surface area contributed by atoms with E-state index in [2.05, 4.69) is 10.6 Å². The summed E-state index contributed by atoms with van der Waals surface area (Å²) in [5.74, 6) is 0.0772. The molecule has 27 heavy (non-hydrogen) atoms. The molecule has 0 aliphatic heterocycles. The number of carbonyl (C=O) groups is 2. The monoisotopic (exact) mass is 384 g/mol. The number of nitrogens with one attached hydrogen (secondary N) is 2. The van der Waals surface area contributed by atoms with Crippen molar-refractivity contribution in [2.75, 3.05) is 12.4 Å². The van der Waals surface area contributed by atoms with Crippen molar-refractivity contribution in [3.8, 4) is 5.75 Å². The van der Waals surface area contributed by atoms with E-state index in [1.54, 1.807) is 42.5 Å². The van der Waals surface area contributed by atoms with Crippen LogP contribution in [0.1, 0.15) is 26.5 Å². The van der Waals surface area contributed by atoms with Crippen molar-refractivity contribution in [3.63, 3.8) is 0 Å². The Labute approximate surface area is 161 Å². The smallest absolute Gasteiger partial charge is 0.291 e. The van der Waals surface area contributed by atoms with Crippen molar-refractivity contribution >= 4 is 29.1 Å². The number of amides is 2. The molecule has 0 saturated carbocycles. The Bertz CT molecular complexity index is 937. The van der Waals surface area contributed by atoms with Crippen LogP contribution in [0.25, 0.3) is 0 Å². The van der Waals surface area contributed by atoms with Gasteiger partial charge in [-0.15, -0.1) is 0 Å². The zero-order valence-electron chi connectivity index (χ0n) is 14.5. The van der Waals surface area contributed by atoms with E-state index in [1.807, 2.05) is 12.1 Å². The zero-order valence-corrected chi connectivity index (χ0v) is 15.2. The summed E-state index contributed by atoms with van der Waals surface area (Å²) in [7, 11) is 1.50. The molecular formula is C20H17ClN2O4.